The van der Waals surface area contributed by atoms with Gasteiger partial charge in [0.15, 0.2) is 0 Å². The number of hydrogen-bond acceptors (Lipinski definition) is 6. The first-order valence-corrected chi connectivity index (χ1v) is 10.6. The second-order valence-electron chi connectivity index (χ2n) is 9.59. The van der Waals surface area contributed by atoms with Gasteiger partial charge in [0, 0.05) is 24.5 Å². The Hall–Kier alpha value is -2.25. The van der Waals surface area contributed by atoms with Crippen LogP contribution in [0.3, 0.4) is 0 Å². The van der Waals surface area contributed by atoms with Gasteiger partial charge in [-0.1, -0.05) is 12.1 Å². The molecule has 29 heavy (non-hydrogen) atoms. The standard InChI is InChI=1S/C22H22N2O5/c25-21(11-3-1-10(2-4-11)5-7-24(26)27)28-8-6-23-22-18-13-9-12-14-15(13)19(22)17(14)20(29-22)16(12)18/h1-5,7,12-20,23H,6,8-9H2/b7-5+/t12-,13+,14?,15+,16?,17+,18+,19+,20-,22+/m0/s1. The topological polar surface area (TPSA) is 90.7 Å². The van der Waals surface area contributed by atoms with Crippen molar-refractivity contribution < 1.29 is 19.2 Å². The molecule has 0 aromatic heterocycles. The van der Waals surface area contributed by atoms with E-state index in [-0.39, 0.29) is 11.7 Å². The van der Waals surface area contributed by atoms with Gasteiger partial charge >= 0.3 is 5.97 Å². The maximum atomic E-state index is 12.3. The van der Waals surface area contributed by atoms with Gasteiger partial charge in [-0.25, -0.2) is 4.79 Å². The molecule has 5 aliphatic carbocycles. The number of hydrogen-bond donors (Lipinski definition) is 1. The third-order valence-electron chi connectivity index (χ3n) is 8.97. The first-order chi connectivity index (χ1) is 14.1. The average molecular weight is 394 g/mol. The number of carbonyl (C=O) groups is 1. The van der Waals surface area contributed by atoms with E-state index >= 15 is 0 Å². The van der Waals surface area contributed by atoms with Crippen molar-refractivity contribution in [3.05, 3.63) is 51.7 Å². The van der Waals surface area contributed by atoms with Gasteiger partial charge < -0.3 is 9.47 Å². The van der Waals surface area contributed by atoms with E-state index in [0.717, 1.165) is 41.7 Å². The lowest BCUT2D eigenvalue weighted by atomic mass is 9.59. The molecule has 1 N–H and O–H groups in total. The van der Waals surface area contributed by atoms with Crippen LogP contribution in [0.1, 0.15) is 22.3 Å². The molecule has 2 unspecified atom stereocenters. The summed E-state index contributed by atoms with van der Waals surface area (Å²) in [5.41, 5.74) is 0.982. The zero-order valence-corrected chi connectivity index (χ0v) is 15.8. The Bertz CT molecular complexity index is 950. The molecule has 4 bridgehead atoms. The lowest BCUT2D eigenvalue weighted by molar-refractivity contribution is -0.400. The smallest absolute Gasteiger partial charge is 0.338 e. The molecule has 1 aromatic rings. The summed E-state index contributed by atoms with van der Waals surface area (Å²) in [5.74, 6) is 6.29. The molecule has 7 nitrogen and oxygen atoms in total. The summed E-state index contributed by atoms with van der Waals surface area (Å²) in [6.45, 7) is 0.928. The summed E-state index contributed by atoms with van der Waals surface area (Å²) in [4.78, 5) is 22.1. The van der Waals surface area contributed by atoms with E-state index in [1.54, 1.807) is 24.3 Å². The highest BCUT2D eigenvalue weighted by Crippen LogP contribution is 2.89. The van der Waals surface area contributed by atoms with Crippen LogP contribution in [0.15, 0.2) is 30.5 Å². The molecule has 5 saturated carbocycles. The van der Waals surface area contributed by atoms with E-state index in [0.29, 0.717) is 42.2 Å². The SMILES string of the molecule is O=C(OCCN[C@]12O[C@H]3C4[C@H]5C[C@H]([C@@H]6C5[C@@H]3[C@@H]61)[C@H]42)c1ccc(/C=C/[N+](=O)[O-])cc1. The number of nitro groups is 1. The summed E-state index contributed by atoms with van der Waals surface area (Å²) in [5, 5.41) is 14.1. The van der Waals surface area contributed by atoms with Crippen molar-refractivity contribution in [1.82, 2.24) is 5.32 Å². The maximum absolute atomic E-state index is 12.3. The van der Waals surface area contributed by atoms with Crippen LogP contribution in [-0.4, -0.2) is 35.9 Å². The lowest BCUT2D eigenvalue weighted by Gasteiger charge is -2.45. The molecule has 0 spiro atoms. The van der Waals surface area contributed by atoms with Crippen LogP contribution >= 0.6 is 0 Å². The second-order valence-corrected chi connectivity index (χ2v) is 9.59. The molecule has 150 valence electrons. The fraction of sp³-hybridized carbons (Fsp3) is 0.591. The van der Waals surface area contributed by atoms with Gasteiger partial charge in [0.05, 0.1) is 16.6 Å². The number of nitrogens with zero attached hydrogens (tertiary/aromatic N) is 1. The second kappa shape index (κ2) is 5.26. The fourth-order valence-electron chi connectivity index (χ4n) is 8.64. The third kappa shape index (κ3) is 1.80. The Balaban J connectivity index is 0.964. The van der Waals surface area contributed by atoms with Crippen LogP contribution in [0.4, 0.5) is 0 Å². The quantitative estimate of drug-likeness (QED) is 0.330. The molecule has 8 rings (SSSR count). The number of carbonyl (C=O) groups excluding carboxylic acids is 1. The molecule has 1 aromatic carbocycles. The van der Waals surface area contributed by atoms with Crippen LogP contribution in [0.25, 0.3) is 6.08 Å². The summed E-state index contributed by atoms with van der Waals surface area (Å²) in [7, 11) is 0. The van der Waals surface area contributed by atoms with Gasteiger partial charge in [-0.3, -0.25) is 15.4 Å². The Labute approximate surface area is 167 Å². The molecule has 0 radical (unpaired) electrons. The minimum Gasteiger partial charge on any atom is -0.461 e. The van der Waals surface area contributed by atoms with Crippen molar-refractivity contribution in [3.63, 3.8) is 0 Å². The van der Waals surface area contributed by atoms with Crippen molar-refractivity contribution in [2.75, 3.05) is 13.2 Å². The van der Waals surface area contributed by atoms with Gasteiger partial charge in [0.25, 0.3) is 0 Å². The van der Waals surface area contributed by atoms with E-state index in [2.05, 4.69) is 5.32 Å². The third-order valence-corrected chi connectivity index (χ3v) is 8.97. The largest absolute Gasteiger partial charge is 0.461 e. The van der Waals surface area contributed by atoms with E-state index in [1.165, 1.54) is 12.5 Å². The molecule has 2 saturated heterocycles. The molecule has 0 amide bonds. The first-order valence-electron chi connectivity index (χ1n) is 10.6. The fourth-order valence-corrected chi connectivity index (χ4v) is 8.64. The molecule has 10 atom stereocenters. The molecule has 7 fully saturated rings. The number of esters is 1. The normalized spacial score (nSPS) is 48.2. The molecule has 7 aliphatic rings. The summed E-state index contributed by atoms with van der Waals surface area (Å²) in [6, 6.07) is 6.59. The molecular formula is C22H22N2O5. The highest BCUT2D eigenvalue weighted by molar-refractivity contribution is 5.89. The van der Waals surface area contributed by atoms with Gasteiger partial charge in [0.2, 0.25) is 6.20 Å². The van der Waals surface area contributed by atoms with Gasteiger partial charge in [-0.2, -0.15) is 0 Å². The summed E-state index contributed by atoms with van der Waals surface area (Å²) >= 11 is 0. The average Bonchev–Trinajstić information content (AvgIpc) is 3.38. The van der Waals surface area contributed by atoms with Crippen molar-refractivity contribution >= 4 is 12.0 Å². The van der Waals surface area contributed by atoms with Crippen LogP contribution in [0, 0.1) is 57.5 Å². The predicted molar refractivity (Wildman–Crippen MR) is 101 cm³/mol. The lowest BCUT2D eigenvalue weighted by Crippen LogP contribution is -2.57. The Kier molecular flexibility index (Phi) is 3.00. The Morgan fingerprint density at radius 2 is 2.03 bits per heavy atom. The molecule has 2 heterocycles. The van der Waals surface area contributed by atoms with Crippen LogP contribution in [0.2, 0.25) is 0 Å². The van der Waals surface area contributed by atoms with Crippen molar-refractivity contribution in [3.8, 4) is 0 Å². The van der Waals surface area contributed by atoms with E-state index < -0.39 is 4.92 Å². The highest BCUT2D eigenvalue weighted by Gasteiger charge is 2.92. The van der Waals surface area contributed by atoms with Crippen molar-refractivity contribution in [2.24, 2.45) is 47.3 Å². The van der Waals surface area contributed by atoms with E-state index in [9.17, 15) is 14.9 Å². The van der Waals surface area contributed by atoms with Crippen molar-refractivity contribution in [2.45, 2.75) is 18.2 Å². The van der Waals surface area contributed by atoms with Crippen LogP contribution in [0.5, 0.6) is 0 Å². The maximum Gasteiger partial charge on any atom is 0.338 e. The minimum absolute atomic E-state index is 0.130. The number of benzene rings is 1. The number of rotatable bonds is 7. The summed E-state index contributed by atoms with van der Waals surface area (Å²) < 4.78 is 12.0. The zero-order valence-electron chi connectivity index (χ0n) is 15.8. The minimum atomic E-state index is -0.516. The van der Waals surface area contributed by atoms with Crippen LogP contribution in [-0.2, 0) is 9.47 Å². The predicted octanol–water partition coefficient (Wildman–Crippen LogP) is 2.16. The Morgan fingerprint density at radius 1 is 1.21 bits per heavy atom. The molecule has 2 aliphatic heterocycles. The van der Waals surface area contributed by atoms with E-state index in [1.807, 2.05) is 0 Å². The molecule has 7 heteroatoms. The first kappa shape index (κ1) is 16.5. The van der Waals surface area contributed by atoms with Gasteiger partial charge in [0.1, 0.15) is 12.3 Å². The number of ether oxygens (including phenoxy) is 2. The summed E-state index contributed by atoms with van der Waals surface area (Å²) in [6.07, 6.45) is 4.20. The zero-order chi connectivity index (χ0) is 19.5. The van der Waals surface area contributed by atoms with Gasteiger partial charge in [-0.05, 0) is 59.6 Å². The molecular weight excluding hydrogens is 372 g/mol. The monoisotopic (exact) mass is 394 g/mol. The van der Waals surface area contributed by atoms with Crippen LogP contribution < -0.4 is 5.32 Å². The van der Waals surface area contributed by atoms with E-state index in [4.69, 9.17) is 9.47 Å². The van der Waals surface area contributed by atoms with Crippen molar-refractivity contribution in [1.29, 1.82) is 0 Å². The Morgan fingerprint density at radius 3 is 2.83 bits per heavy atom. The van der Waals surface area contributed by atoms with Gasteiger partial charge in [-0.15, -0.1) is 0 Å². The highest BCUT2D eigenvalue weighted by atomic mass is 16.6. The number of nitrogens with one attached hydrogen (secondary N) is 1.